The number of phenolic OH excluding ortho intramolecular Hbond substituents is 1. The zero-order valence-electron chi connectivity index (χ0n) is 9.10. The van der Waals surface area contributed by atoms with Crippen molar-refractivity contribution in [3.63, 3.8) is 0 Å². The quantitative estimate of drug-likeness (QED) is 0.824. The maximum atomic E-state index is 12.1. The van der Waals surface area contributed by atoms with Crippen LogP contribution in [0.1, 0.15) is 29.2 Å². The average molecular weight is 233 g/mol. The molecule has 90 valence electrons. The van der Waals surface area contributed by atoms with Crippen LogP contribution in [-0.2, 0) is 0 Å². The monoisotopic (exact) mass is 233 g/mol. The number of hydrogen-bond donors (Lipinski definition) is 2. The van der Waals surface area contributed by atoms with E-state index in [1.807, 2.05) is 0 Å². The molecule has 0 unspecified atom stereocenters. The van der Waals surface area contributed by atoms with Gasteiger partial charge in [0, 0.05) is 6.04 Å². The summed E-state index contributed by atoms with van der Waals surface area (Å²) in [4.78, 5) is 0. The molecule has 0 spiro atoms. The van der Waals surface area contributed by atoms with E-state index in [9.17, 15) is 18.3 Å². The second kappa shape index (κ2) is 4.33. The van der Waals surface area contributed by atoms with E-state index in [0.717, 1.165) is 0 Å². The number of phenols is 1. The fourth-order valence-electron chi connectivity index (χ4n) is 1.57. The fraction of sp³-hybridized carbons (Fsp3) is 0.455. The summed E-state index contributed by atoms with van der Waals surface area (Å²) in [6.07, 6.45) is -5.34. The van der Waals surface area contributed by atoms with Crippen LogP contribution in [-0.4, -0.2) is 11.3 Å². The molecule has 0 saturated carbocycles. The van der Waals surface area contributed by atoms with E-state index in [1.54, 1.807) is 13.8 Å². The van der Waals surface area contributed by atoms with Crippen molar-refractivity contribution in [2.45, 2.75) is 32.5 Å². The lowest BCUT2D eigenvalue weighted by molar-refractivity contribution is -0.138. The molecule has 1 rings (SSSR count). The zero-order valence-corrected chi connectivity index (χ0v) is 9.10. The Bertz CT molecular complexity index is 364. The molecule has 0 aliphatic carbocycles. The first-order valence-electron chi connectivity index (χ1n) is 4.83. The molecule has 0 aromatic heterocycles. The van der Waals surface area contributed by atoms with Crippen molar-refractivity contribution in [3.8, 4) is 5.75 Å². The first-order valence-corrected chi connectivity index (χ1v) is 4.83. The van der Waals surface area contributed by atoms with Crippen molar-refractivity contribution in [2.24, 2.45) is 5.73 Å². The highest BCUT2D eigenvalue weighted by atomic mass is 19.4. The van der Waals surface area contributed by atoms with Gasteiger partial charge in [-0.25, -0.2) is 0 Å². The number of aryl methyl sites for hydroxylation is 2. The highest BCUT2D eigenvalue weighted by molar-refractivity contribution is 5.43. The summed E-state index contributed by atoms with van der Waals surface area (Å²) >= 11 is 0. The Kier molecular flexibility index (Phi) is 3.48. The van der Waals surface area contributed by atoms with Crippen LogP contribution in [0.25, 0.3) is 0 Å². The fourth-order valence-corrected chi connectivity index (χ4v) is 1.57. The lowest BCUT2D eigenvalue weighted by Gasteiger charge is -2.16. The number of benzene rings is 1. The third kappa shape index (κ3) is 3.13. The molecule has 0 radical (unpaired) electrons. The van der Waals surface area contributed by atoms with E-state index in [0.29, 0.717) is 16.7 Å². The van der Waals surface area contributed by atoms with Crippen LogP contribution in [0, 0.1) is 13.8 Å². The highest BCUT2D eigenvalue weighted by Gasteiger charge is 2.31. The Balaban J connectivity index is 2.97. The molecule has 0 fully saturated rings. The van der Waals surface area contributed by atoms with E-state index in [-0.39, 0.29) is 5.75 Å². The van der Waals surface area contributed by atoms with Gasteiger partial charge in [0.15, 0.2) is 0 Å². The zero-order chi connectivity index (χ0) is 12.5. The van der Waals surface area contributed by atoms with Gasteiger partial charge >= 0.3 is 6.18 Å². The molecule has 0 saturated heterocycles. The van der Waals surface area contributed by atoms with E-state index in [4.69, 9.17) is 5.73 Å². The summed E-state index contributed by atoms with van der Waals surface area (Å²) in [5.41, 5.74) is 6.93. The molecular formula is C11H14F3NO. The molecule has 2 nitrogen and oxygen atoms in total. The van der Waals surface area contributed by atoms with Gasteiger partial charge in [-0.3, -0.25) is 0 Å². The smallest absolute Gasteiger partial charge is 0.390 e. The standard InChI is InChI=1S/C11H14F3NO/c1-6-3-8(4-7(2)10(6)16)9(15)5-11(12,13)14/h3-4,9,16H,5,15H2,1-2H3/t9-/m0/s1. The van der Waals surface area contributed by atoms with Crippen LogP contribution in [0.2, 0.25) is 0 Å². The van der Waals surface area contributed by atoms with Gasteiger partial charge in [-0.15, -0.1) is 0 Å². The Morgan fingerprint density at radius 2 is 1.69 bits per heavy atom. The van der Waals surface area contributed by atoms with E-state index in [1.165, 1.54) is 12.1 Å². The topological polar surface area (TPSA) is 46.2 Å². The van der Waals surface area contributed by atoms with Crippen LogP contribution in [0.15, 0.2) is 12.1 Å². The Morgan fingerprint density at radius 1 is 1.25 bits per heavy atom. The van der Waals surface area contributed by atoms with Gasteiger partial charge in [0.1, 0.15) is 5.75 Å². The van der Waals surface area contributed by atoms with Crippen molar-refractivity contribution < 1.29 is 18.3 Å². The predicted molar refractivity (Wildman–Crippen MR) is 55.2 cm³/mol. The normalized spacial score (nSPS) is 13.9. The van der Waals surface area contributed by atoms with Crippen molar-refractivity contribution in [1.29, 1.82) is 0 Å². The van der Waals surface area contributed by atoms with Crippen LogP contribution in [0.5, 0.6) is 5.75 Å². The molecule has 16 heavy (non-hydrogen) atoms. The van der Waals surface area contributed by atoms with Gasteiger partial charge in [-0.1, -0.05) is 12.1 Å². The predicted octanol–water partition coefficient (Wildman–Crippen LogP) is 2.96. The number of aromatic hydroxyl groups is 1. The molecule has 0 aliphatic heterocycles. The molecule has 0 aliphatic rings. The molecule has 1 atom stereocenters. The molecule has 0 bridgehead atoms. The summed E-state index contributed by atoms with van der Waals surface area (Å²) in [6, 6.07) is 1.88. The van der Waals surface area contributed by atoms with Gasteiger partial charge in [0.05, 0.1) is 6.42 Å². The minimum absolute atomic E-state index is 0.1000. The molecule has 1 aromatic rings. The van der Waals surface area contributed by atoms with Crippen molar-refractivity contribution >= 4 is 0 Å². The first kappa shape index (κ1) is 12.8. The van der Waals surface area contributed by atoms with E-state index in [2.05, 4.69) is 0 Å². The first-order chi connectivity index (χ1) is 7.20. The second-order valence-corrected chi connectivity index (χ2v) is 3.93. The van der Waals surface area contributed by atoms with Crippen LogP contribution in [0.3, 0.4) is 0 Å². The van der Waals surface area contributed by atoms with E-state index < -0.39 is 18.6 Å². The summed E-state index contributed by atoms with van der Waals surface area (Å²) in [6.45, 7) is 3.26. The average Bonchev–Trinajstić information content (AvgIpc) is 2.10. The van der Waals surface area contributed by atoms with E-state index >= 15 is 0 Å². The summed E-state index contributed by atoms with van der Waals surface area (Å²) < 4.78 is 36.4. The van der Waals surface area contributed by atoms with Gasteiger partial charge < -0.3 is 10.8 Å². The van der Waals surface area contributed by atoms with Gasteiger partial charge in [-0.05, 0) is 30.5 Å². The SMILES string of the molecule is Cc1cc([C@@H](N)CC(F)(F)F)cc(C)c1O. The van der Waals surface area contributed by atoms with Gasteiger partial charge in [0.2, 0.25) is 0 Å². The number of nitrogens with two attached hydrogens (primary N) is 1. The summed E-state index contributed by atoms with van der Waals surface area (Å²) in [5.74, 6) is 0.1000. The lowest BCUT2D eigenvalue weighted by atomic mass is 9.99. The van der Waals surface area contributed by atoms with Crippen LogP contribution >= 0.6 is 0 Å². The maximum Gasteiger partial charge on any atom is 0.390 e. The van der Waals surface area contributed by atoms with Crippen molar-refractivity contribution in [1.82, 2.24) is 0 Å². The Hall–Kier alpha value is -1.23. The summed E-state index contributed by atoms with van der Waals surface area (Å²) in [5, 5.41) is 9.48. The third-order valence-corrected chi connectivity index (χ3v) is 2.39. The van der Waals surface area contributed by atoms with Gasteiger partial charge in [0.25, 0.3) is 0 Å². The van der Waals surface area contributed by atoms with Crippen molar-refractivity contribution in [2.75, 3.05) is 0 Å². The molecular weight excluding hydrogens is 219 g/mol. The molecule has 0 heterocycles. The number of hydrogen-bond acceptors (Lipinski definition) is 2. The van der Waals surface area contributed by atoms with Crippen LogP contribution in [0.4, 0.5) is 13.2 Å². The third-order valence-electron chi connectivity index (χ3n) is 2.39. The molecule has 3 N–H and O–H groups in total. The highest BCUT2D eigenvalue weighted by Crippen LogP contribution is 2.31. The number of alkyl halides is 3. The van der Waals surface area contributed by atoms with Crippen LogP contribution < -0.4 is 5.73 Å². The molecule has 0 amide bonds. The number of halogens is 3. The number of rotatable bonds is 2. The lowest BCUT2D eigenvalue weighted by Crippen LogP contribution is -2.20. The minimum Gasteiger partial charge on any atom is -0.507 e. The minimum atomic E-state index is -4.28. The Labute approximate surface area is 91.9 Å². The Morgan fingerprint density at radius 3 is 2.06 bits per heavy atom. The molecule has 5 heteroatoms. The molecule has 1 aromatic carbocycles. The largest absolute Gasteiger partial charge is 0.507 e. The van der Waals surface area contributed by atoms with Crippen molar-refractivity contribution in [3.05, 3.63) is 28.8 Å². The van der Waals surface area contributed by atoms with Gasteiger partial charge in [-0.2, -0.15) is 13.2 Å². The summed E-state index contributed by atoms with van der Waals surface area (Å²) in [7, 11) is 0. The second-order valence-electron chi connectivity index (χ2n) is 3.93. The maximum absolute atomic E-state index is 12.1.